The Bertz CT molecular complexity index is 531. The summed E-state index contributed by atoms with van der Waals surface area (Å²) in [5.41, 5.74) is 8.05. The second-order valence-electron chi connectivity index (χ2n) is 5.75. The van der Waals surface area contributed by atoms with Crippen molar-refractivity contribution in [3.05, 3.63) is 10.4 Å². The Morgan fingerprint density at radius 1 is 1.24 bits per heavy atom. The molecule has 0 atom stereocenters. The zero-order valence-corrected chi connectivity index (χ0v) is 13.4. The van der Waals surface area contributed by atoms with E-state index in [1.807, 2.05) is 0 Å². The van der Waals surface area contributed by atoms with Gasteiger partial charge in [-0.15, -0.1) is 11.3 Å². The molecule has 1 aromatic rings. The van der Waals surface area contributed by atoms with E-state index in [2.05, 4.69) is 4.90 Å². The van der Waals surface area contributed by atoms with Gasteiger partial charge in [-0.25, -0.2) is 4.79 Å². The monoisotopic (exact) mass is 310 g/mol. The summed E-state index contributed by atoms with van der Waals surface area (Å²) in [7, 11) is 3.18. The van der Waals surface area contributed by atoms with Crippen LogP contribution in [0.3, 0.4) is 0 Å². The average Bonchev–Trinajstić information content (AvgIpc) is 3.30. The molecule has 5 nitrogen and oxygen atoms in total. The lowest BCUT2D eigenvalue weighted by Crippen LogP contribution is -2.36. The number of esters is 1. The smallest absolute Gasteiger partial charge is 0.350 e. The number of nitrogens with zero attached hydrogens (tertiary/aromatic N) is 1. The highest BCUT2D eigenvalue weighted by atomic mass is 32.1. The number of methoxy groups -OCH3 is 2. The van der Waals surface area contributed by atoms with Crippen LogP contribution in [0.2, 0.25) is 0 Å². The van der Waals surface area contributed by atoms with Gasteiger partial charge in [-0.2, -0.15) is 0 Å². The Morgan fingerprint density at radius 2 is 1.90 bits per heavy atom. The maximum Gasteiger partial charge on any atom is 0.350 e. The Balaban J connectivity index is 1.89. The van der Waals surface area contributed by atoms with Crippen LogP contribution in [0.1, 0.15) is 46.8 Å². The zero-order valence-electron chi connectivity index (χ0n) is 12.6. The number of carbonyl (C=O) groups is 1. The topological polar surface area (TPSA) is 64.8 Å². The minimum absolute atomic E-state index is 0.322. The third-order valence-corrected chi connectivity index (χ3v) is 5.65. The zero-order chi connectivity index (χ0) is 15.0. The molecule has 0 aromatic carbocycles. The number of anilines is 2. The molecule has 2 aliphatic rings. The number of rotatable bonds is 4. The molecular weight excluding hydrogens is 288 g/mol. The summed E-state index contributed by atoms with van der Waals surface area (Å²) in [6.45, 7) is 1.91. The summed E-state index contributed by atoms with van der Waals surface area (Å²) < 4.78 is 10.3. The third kappa shape index (κ3) is 2.74. The van der Waals surface area contributed by atoms with E-state index in [1.54, 1.807) is 7.11 Å². The first-order valence-electron chi connectivity index (χ1n) is 7.44. The van der Waals surface area contributed by atoms with Gasteiger partial charge in [-0.05, 0) is 31.6 Å². The van der Waals surface area contributed by atoms with Crippen LogP contribution in [0, 0.1) is 0 Å². The fraction of sp³-hybridized carbons (Fsp3) is 0.667. The predicted octanol–water partition coefficient (Wildman–Crippen LogP) is 2.61. The summed E-state index contributed by atoms with van der Waals surface area (Å²) >= 11 is 1.49. The Morgan fingerprint density at radius 3 is 2.43 bits per heavy atom. The normalized spacial score (nSPS) is 19.8. The largest absolute Gasteiger partial charge is 0.465 e. The van der Waals surface area contributed by atoms with Crippen LogP contribution in [0.25, 0.3) is 0 Å². The van der Waals surface area contributed by atoms with Crippen molar-refractivity contribution in [1.29, 1.82) is 0 Å². The average molecular weight is 310 g/mol. The number of piperidine rings is 1. The molecule has 116 valence electrons. The number of carbonyl (C=O) groups excluding carboxylic acids is 1. The lowest BCUT2D eigenvalue weighted by Gasteiger charge is -2.32. The molecule has 6 heteroatoms. The minimum atomic E-state index is -0.322. The van der Waals surface area contributed by atoms with E-state index in [4.69, 9.17) is 15.2 Å². The van der Waals surface area contributed by atoms with Crippen molar-refractivity contribution < 1.29 is 14.3 Å². The van der Waals surface area contributed by atoms with Crippen molar-refractivity contribution in [2.24, 2.45) is 0 Å². The minimum Gasteiger partial charge on any atom is -0.465 e. The highest BCUT2D eigenvalue weighted by molar-refractivity contribution is 7.18. The predicted molar refractivity (Wildman–Crippen MR) is 84.3 cm³/mol. The summed E-state index contributed by atoms with van der Waals surface area (Å²) in [6.07, 6.45) is 4.73. The number of nitrogen functional groups attached to an aromatic ring is 1. The summed E-state index contributed by atoms with van der Waals surface area (Å²) in [5.74, 6) is 0.201. The molecule has 1 aromatic heterocycles. The maximum absolute atomic E-state index is 11.9. The lowest BCUT2D eigenvalue weighted by molar-refractivity contribution is 0.0607. The number of thiophene rings is 1. The summed E-state index contributed by atoms with van der Waals surface area (Å²) in [6, 6.07) is 0. The van der Waals surface area contributed by atoms with E-state index in [9.17, 15) is 4.79 Å². The van der Waals surface area contributed by atoms with Crippen molar-refractivity contribution in [2.75, 3.05) is 37.9 Å². The molecule has 0 radical (unpaired) electrons. The van der Waals surface area contributed by atoms with Gasteiger partial charge >= 0.3 is 5.97 Å². The third-order valence-electron chi connectivity index (χ3n) is 4.38. The van der Waals surface area contributed by atoms with Crippen molar-refractivity contribution >= 4 is 28.0 Å². The molecule has 2 fully saturated rings. The van der Waals surface area contributed by atoms with Gasteiger partial charge in [0.05, 0.1) is 23.9 Å². The van der Waals surface area contributed by atoms with Gasteiger partial charge in [-0.1, -0.05) is 0 Å². The lowest BCUT2D eigenvalue weighted by atomic mass is 10.1. The molecule has 0 spiro atoms. The van der Waals surface area contributed by atoms with Crippen LogP contribution < -0.4 is 10.6 Å². The Kier molecular flexibility index (Phi) is 4.08. The van der Waals surface area contributed by atoms with E-state index in [-0.39, 0.29) is 5.97 Å². The number of nitrogens with two attached hydrogens (primary N) is 1. The molecule has 21 heavy (non-hydrogen) atoms. The van der Waals surface area contributed by atoms with Gasteiger partial charge in [0.1, 0.15) is 4.88 Å². The van der Waals surface area contributed by atoms with E-state index in [1.165, 1.54) is 41.9 Å². The molecule has 1 saturated heterocycles. The van der Waals surface area contributed by atoms with E-state index in [0.717, 1.165) is 25.9 Å². The molecule has 1 saturated carbocycles. The van der Waals surface area contributed by atoms with E-state index >= 15 is 0 Å². The van der Waals surface area contributed by atoms with Crippen molar-refractivity contribution in [1.82, 2.24) is 0 Å². The van der Waals surface area contributed by atoms with Crippen LogP contribution >= 0.6 is 11.3 Å². The SMILES string of the molecule is COC(=O)c1sc(N2CCC(OC)CC2)c(C2CC2)c1N. The molecule has 0 unspecified atom stereocenters. The molecule has 2 heterocycles. The molecular formula is C15H22N2O3S. The van der Waals surface area contributed by atoms with Gasteiger partial charge < -0.3 is 20.1 Å². The second kappa shape index (κ2) is 5.85. The quantitative estimate of drug-likeness (QED) is 0.866. The fourth-order valence-electron chi connectivity index (χ4n) is 2.98. The maximum atomic E-state index is 11.9. The molecule has 0 amide bonds. The van der Waals surface area contributed by atoms with Crippen molar-refractivity contribution in [2.45, 2.75) is 37.7 Å². The van der Waals surface area contributed by atoms with Gasteiger partial charge in [0.15, 0.2) is 0 Å². The summed E-state index contributed by atoms with van der Waals surface area (Å²) in [5, 5.41) is 1.17. The van der Waals surface area contributed by atoms with Crippen molar-refractivity contribution in [3.63, 3.8) is 0 Å². The van der Waals surface area contributed by atoms with E-state index in [0.29, 0.717) is 22.6 Å². The van der Waals surface area contributed by atoms with Crippen LogP contribution in [0.5, 0.6) is 0 Å². The molecule has 1 aliphatic heterocycles. The Hall–Kier alpha value is -1.27. The number of hydrogen-bond donors (Lipinski definition) is 1. The molecule has 0 bridgehead atoms. The highest BCUT2D eigenvalue weighted by Gasteiger charge is 2.35. The first-order valence-corrected chi connectivity index (χ1v) is 8.25. The van der Waals surface area contributed by atoms with Crippen LogP contribution in [-0.4, -0.2) is 39.4 Å². The van der Waals surface area contributed by atoms with Crippen LogP contribution in [0.4, 0.5) is 10.7 Å². The van der Waals surface area contributed by atoms with Crippen LogP contribution in [0.15, 0.2) is 0 Å². The van der Waals surface area contributed by atoms with Crippen LogP contribution in [-0.2, 0) is 9.47 Å². The van der Waals surface area contributed by atoms with Gasteiger partial charge in [0.2, 0.25) is 0 Å². The molecule has 1 aliphatic carbocycles. The van der Waals surface area contributed by atoms with Gasteiger partial charge in [-0.3, -0.25) is 0 Å². The van der Waals surface area contributed by atoms with E-state index < -0.39 is 0 Å². The first-order chi connectivity index (χ1) is 10.2. The van der Waals surface area contributed by atoms with Gasteiger partial charge in [0, 0.05) is 25.8 Å². The second-order valence-corrected chi connectivity index (χ2v) is 6.75. The first kappa shape index (κ1) is 14.7. The number of hydrogen-bond acceptors (Lipinski definition) is 6. The summed E-state index contributed by atoms with van der Waals surface area (Å²) in [4.78, 5) is 14.8. The standard InChI is InChI=1S/C15H22N2O3S/c1-19-10-5-7-17(8-6-10)14-11(9-3-4-9)12(16)13(21-14)15(18)20-2/h9-10H,3-8,16H2,1-2H3. The molecule has 3 rings (SSSR count). The van der Waals surface area contributed by atoms with Crippen molar-refractivity contribution in [3.8, 4) is 0 Å². The Labute approximate surface area is 129 Å². The molecule has 2 N–H and O–H groups in total. The van der Waals surface area contributed by atoms with Gasteiger partial charge in [0.25, 0.3) is 0 Å². The fourth-order valence-corrected chi connectivity index (χ4v) is 4.26. The highest BCUT2D eigenvalue weighted by Crippen LogP contribution is 2.52. The number of ether oxygens (including phenoxy) is 2.